The summed E-state index contributed by atoms with van der Waals surface area (Å²) in [6, 6.07) is 12.1. The summed E-state index contributed by atoms with van der Waals surface area (Å²) >= 11 is 1.62. The molecule has 1 aromatic heterocycles. The minimum atomic E-state index is -0.180. The van der Waals surface area contributed by atoms with Crippen molar-refractivity contribution in [1.82, 2.24) is 9.91 Å². The van der Waals surface area contributed by atoms with E-state index in [4.69, 9.17) is 9.84 Å². The predicted molar refractivity (Wildman–Crippen MR) is 129 cm³/mol. The SMILES string of the molecule is COCCN(CC(=O)N1N=C(c2cccs2)C[C@@H]1c1ccc(C)cc1)C(=O)CC(C)(C)C. The summed E-state index contributed by atoms with van der Waals surface area (Å²) in [4.78, 5) is 29.0. The average molecular weight is 456 g/mol. The van der Waals surface area contributed by atoms with E-state index in [2.05, 4.69) is 24.3 Å². The van der Waals surface area contributed by atoms with Crippen LogP contribution >= 0.6 is 11.3 Å². The molecule has 7 heteroatoms. The highest BCUT2D eigenvalue weighted by Gasteiger charge is 2.35. The molecule has 0 bridgehead atoms. The van der Waals surface area contributed by atoms with E-state index in [-0.39, 0.29) is 29.8 Å². The number of carbonyl (C=O) groups excluding carboxylic acids is 2. The first-order valence-electron chi connectivity index (χ1n) is 10.9. The van der Waals surface area contributed by atoms with E-state index in [1.807, 2.05) is 45.2 Å². The van der Waals surface area contributed by atoms with Crippen LogP contribution in [0.25, 0.3) is 0 Å². The van der Waals surface area contributed by atoms with E-state index in [9.17, 15) is 9.59 Å². The maximum Gasteiger partial charge on any atom is 0.262 e. The summed E-state index contributed by atoms with van der Waals surface area (Å²) in [5.41, 5.74) is 2.96. The molecule has 0 fully saturated rings. The zero-order chi connectivity index (χ0) is 23.3. The lowest BCUT2D eigenvalue weighted by Crippen LogP contribution is -2.43. The molecule has 2 aromatic rings. The van der Waals surface area contributed by atoms with Gasteiger partial charge in [-0.25, -0.2) is 5.01 Å². The Morgan fingerprint density at radius 1 is 1.22 bits per heavy atom. The largest absolute Gasteiger partial charge is 0.383 e. The van der Waals surface area contributed by atoms with E-state index in [1.165, 1.54) is 5.56 Å². The minimum Gasteiger partial charge on any atom is -0.383 e. The average Bonchev–Trinajstić information content (AvgIpc) is 3.40. The fourth-order valence-electron chi connectivity index (χ4n) is 3.67. The lowest BCUT2D eigenvalue weighted by atomic mass is 9.91. The fourth-order valence-corrected chi connectivity index (χ4v) is 4.40. The first-order chi connectivity index (χ1) is 15.2. The Hall–Kier alpha value is -2.51. The van der Waals surface area contributed by atoms with Gasteiger partial charge in [0.15, 0.2) is 0 Å². The molecule has 0 aliphatic carbocycles. The van der Waals surface area contributed by atoms with E-state index < -0.39 is 0 Å². The first-order valence-corrected chi connectivity index (χ1v) is 11.8. The molecule has 6 nitrogen and oxygen atoms in total. The van der Waals surface area contributed by atoms with Crippen molar-refractivity contribution in [1.29, 1.82) is 0 Å². The number of nitrogens with zero attached hydrogens (tertiary/aromatic N) is 3. The molecule has 1 atom stereocenters. The summed E-state index contributed by atoms with van der Waals surface area (Å²) in [6.45, 7) is 8.85. The Morgan fingerprint density at radius 2 is 1.94 bits per heavy atom. The molecule has 0 unspecified atom stereocenters. The third-order valence-electron chi connectivity index (χ3n) is 5.36. The maximum atomic E-state index is 13.4. The molecule has 32 heavy (non-hydrogen) atoms. The molecule has 0 N–H and O–H groups in total. The number of benzene rings is 1. The highest BCUT2D eigenvalue weighted by atomic mass is 32.1. The van der Waals surface area contributed by atoms with Crippen LogP contribution in [-0.2, 0) is 14.3 Å². The van der Waals surface area contributed by atoms with Gasteiger partial charge in [-0.1, -0.05) is 56.7 Å². The number of ether oxygens (including phenoxy) is 1. The van der Waals surface area contributed by atoms with E-state index in [1.54, 1.807) is 28.4 Å². The lowest BCUT2D eigenvalue weighted by Gasteiger charge is -2.29. The molecule has 1 aromatic carbocycles. The number of aryl methyl sites for hydroxylation is 1. The molecule has 172 valence electrons. The minimum absolute atomic E-state index is 0.0120. The number of hydrazone groups is 1. The summed E-state index contributed by atoms with van der Waals surface area (Å²) < 4.78 is 5.18. The standard InChI is InChI=1S/C25H33N3O3S/c1-18-8-10-19(11-9-18)21-15-20(22-7-6-14-32-22)26-28(21)24(30)17-27(12-13-31-5)23(29)16-25(2,3)4/h6-11,14,21H,12-13,15-17H2,1-5H3/t21-/m1/s1. The van der Waals surface area contributed by atoms with Crippen LogP contribution in [0.5, 0.6) is 0 Å². The van der Waals surface area contributed by atoms with Crippen molar-refractivity contribution in [3.8, 4) is 0 Å². The summed E-state index contributed by atoms with van der Waals surface area (Å²) in [5, 5.41) is 8.31. The van der Waals surface area contributed by atoms with Gasteiger partial charge >= 0.3 is 0 Å². The van der Waals surface area contributed by atoms with Crippen molar-refractivity contribution in [2.24, 2.45) is 10.5 Å². The van der Waals surface area contributed by atoms with Crippen LogP contribution in [0.4, 0.5) is 0 Å². The van der Waals surface area contributed by atoms with Gasteiger partial charge in [-0.05, 0) is 29.3 Å². The second-order valence-corrected chi connectivity index (χ2v) is 10.4. The Bertz CT molecular complexity index is 946. The molecular formula is C25H33N3O3S. The molecule has 0 saturated carbocycles. The zero-order valence-corrected chi connectivity index (χ0v) is 20.4. The summed E-state index contributed by atoms with van der Waals surface area (Å²) in [7, 11) is 1.60. The number of hydrogen-bond acceptors (Lipinski definition) is 5. The number of amides is 2. The van der Waals surface area contributed by atoms with Crippen molar-refractivity contribution in [2.75, 3.05) is 26.8 Å². The molecule has 3 rings (SSSR count). The van der Waals surface area contributed by atoms with Gasteiger partial charge in [0, 0.05) is 26.5 Å². The van der Waals surface area contributed by atoms with Crippen LogP contribution in [0.2, 0.25) is 0 Å². The van der Waals surface area contributed by atoms with Gasteiger partial charge in [0.05, 0.1) is 23.2 Å². The molecule has 2 heterocycles. The predicted octanol–water partition coefficient (Wildman–Crippen LogP) is 4.65. The molecule has 0 radical (unpaired) electrons. The van der Waals surface area contributed by atoms with E-state index >= 15 is 0 Å². The fraction of sp³-hybridized carbons (Fsp3) is 0.480. The maximum absolute atomic E-state index is 13.4. The number of hydrogen-bond donors (Lipinski definition) is 0. The lowest BCUT2D eigenvalue weighted by molar-refractivity contribution is -0.143. The topological polar surface area (TPSA) is 62.2 Å². The molecule has 0 saturated heterocycles. The normalized spacial score (nSPS) is 16.2. The van der Waals surface area contributed by atoms with Crippen LogP contribution in [0.1, 0.15) is 55.7 Å². The molecule has 0 spiro atoms. The van der Waals surface area contributed by atoms with Crippen LogP contribution < -0.4 is 0 Å². The van der Waals surface area contributed by atoms with Crippen LogP contribution in [-0.4, -0.2) is 54.2 Å². The van der Waals surface area contributed by atoms with Crippen molar-refractivity contribution in [3.63, 3.8) is 0 Å². The molecule has 1 aliphatic heterocycles. The third-order valence-corrected chi connectivity index (χ3v) is 6.28. The van der Waals surface area contributed by atoms with Crippen molar-refractivity contribution in [3.05, 3.63) is 57.8 Å². The Labute approximate surface area is 194 Å². The summed E-state index contributed by atoms with van der Waals surface area (Å²) in [6.07, 6.45) is 1.03. The van der Waals surface area contributed by atoms with Gasteiger partial charge in [0.1, 0.15) is 6.54 Å². The number of thiophene rings is 1. The molecule has 2 amide bonds. The molecular weight excluding hydrogens is 422 g/mol. The number of carbonyl (C=O) groups is 2. The van der Waals surface area contributed by atoms with Gasteiger partial charge in [-0.15, -0.1) is 11.3 Å². The van der Waals surface area contributed by atoms with Gasteiger partial charge < -0.3 is 9.64 Å². The number of rotatable bonds is 8. The second-order valence-electron chi connectivity index (χ2n) is 9.44. The van der Waals surface area contributed by atoms with Crippen molar-refractivity contribution in [2.45, 2.75) is 46.6 Å². The van der Waals surface area contributed by atoms with Crippen LogP contribution in [0, 0.1) is 12.3 Å². The van der Waals surface area contributed by atoms with Crippen LogP contribution in [0.15, 0.2) is 46.9 Å². The van der Waals surface area contributed by atoms with Gasteiger partial charge in [-0.3, -0.25) is 9.59 Å². The second kappa shape index (κ2) is 10.4. The third kappa shape index (κ3) is 6.26. The highest BCUT2D eigenvalue weighted by Crippen LogP contribution is 2.34. The molecule has 1 aliphatic rings. The first kappa shape index (κ1) is 24.1. The van der Waals surface area contributed by atoms with Crippen molar-refractivity contribution < 1.29 is 14.3 Å². The Morgan fingerprint density at radius 3 is 2.53 bits per heavy atom. The summed E-state index contributed by atoms with van der Waals surface area (Å²) in [5.74, 6) is -0.225. The van der Waals surface area contributed by atoms with Gasteiger partial charge in [0.2, 0.25) is 5.91 Å². The smallest absolute Gasteiger partial charge is 0.262 e. The van der Waals surface area contributed by atoms with E-state index in [0.29, 0.717) is 26.0 Å². The van der Waals surface area contributed by atoms with Crippen LogP contribution in [0.3, 0.4) is 0 Å². The Kier molecular flexibility index (Phi) is 7.85. The van der Waals surface area contributed by atoms with Crippen molar-refractivity contribution >= 4 is 28.9 Å². The zero-order valence-electron chi connectivity index (χ0n) is 19.6. The monoisotopic (exact) mass is 455 g/mol. The number of methoxy groups -OCH3 is 1. The Balaban J connectivity index is 1.84. The van der Waals surface area contributed by atoms with Gasteiger partial charge in [-0.2, -0.15) is 5.10 Å². The highest BCUT2D eigenvalue weighted by molar-refractivity contribution is 7.12. The quantitative estimate of drug-likeness (QED) is 0.582. The van der Waals surface area contributed by atoms with Gasteiger partial charge in [0.25, 0.3) is 5.91 Å². The van der Waals surface area contributed by atoms with E-state index in [0.717, 1.165) is 16.2 Å².